The largest absolute Gasteiger partial charge is 0.469 e. The summed E-state index contributed by atoms with van der Waals surface area (Å²) < 4.78 is 4.69. The molecule has 0 spiro atoms. The van der Waals surface area contributed by atoms with Crippen LogP contribution >= 0.6 is 0 Å². The second-order valence-corrected chi connectivity index (χ2v) is 4.00. The maximum Gasteiger partial charge on any atom is 0.311 e. The zero-order chi connectivity index (χ0) is 11.3. The highest BCUT2D eigenvalue weighted by atomic mass is 16.5. The summed E-state index contributed by atoms with van der Waals surface area (Å²) in [6, 6.07) is -0.0171. The number of rotatable bonds is 5. The molecule has 0 aromatic carbocycles. The molecule has 1 amide bonds. The number of amides is 1. The Hall–Kier alpha value is -1.06. The van der Waals surface area contributed by atoms with Crippen molar-refractivity contribution >= 4 is 11.9 Å². The maximum atomic E-state index is 11.4. The lowest BCUT2D eigenvalue weighted by molar-refractivity contribution is -0.146. The van der Waals surface area contributed by atoms with Crippen molar-refractivity contribution in [2.45, 2.75) is 45.1 Å². The lowest BCUT2D eigenvalue weighted by Gasteiger charge is -2.16. The fraction of sp³-hybridized carbons (Fsp3) is 0.818. The average Bonchev–Trinajstić information content (AvgIpc) is 2.59. The van der Waals surface area contributed by atoms with Crippen LogP contribution in [0.1, 0.15) is 39.0 Å². The Bertz CT molecular complexity index is 240. The van der Waals surface area contributed by atoms with Crippen molar-refractivity contribution in [1.82, 2.24) is 5.32 Å². The molecular weight excluding hydrogens is 194 g/mol. The molecular formula is C11H19NO3. The Morgan fingerprint density at radius 2 is 2.27 bits per heavy atom. The molecule has 1 aliphatic heterocycles. The molecule has 0 bridgehead atoms. The van der Waals surface area contributed by atoms with E-state index in [4.69, 9.17) is 0 Å². The molecule has 0 radical (unpaired) electrons. The molecule has 0 saturated carbocycles. The lowest BCUT2D eigenvalue weighted by Crippen LogP contribution is -2.32. The van der Waals surface area contributed by atoms with E-state index < -0.39 is 0 Å². The van der Waals surface area contributed by atoms with E-state index in [0.717, 1.165) is 25.7 Å². The number of esters is 1. The first-order valence-corrected chi connectivity index (χ1v) is 5.56. The molecule has 4 heteroatoms. The highest BCUT2D eigenvalue weighted by Gasteiger charge is 2.37. The predicted molar refractivity (Wildman–Crippen MR) is 56.2 cm³/mol. The molecule has 1 saturated heterocycles. The predicted octanol–water partition coefficient (Wildman–Crippen LogP) is 1.24. The zero-order valence-electron chi connectivity index (χ0n) is 9.41. The summed E-state index contributed by atoms with van der Waals surface area (Å²) in [7, 11) is 1.37. The fourth-order valence-corrected chi connectivity index (χ4v) is 1.99. The van der Waals surface area contributed by atoms with Crippen LogP contribution in [0.2, 0.25) is 0 Å². The normalized spacial score (nSPS) is 25.1. The van der Waals surface area contributed by atoms with Gasteiger partial charge in [0.15, 0.2) is 0 Å². The van der Waals surface area contributed by atoms with Gasteiger partial charge in [-0.05, 0) is 6.42 Å². The molecule has 2 atom stereocenters. The Labute approximate surface area is 90.4 Å². The number of hydrogen-bond acceptors (Lipinski definition) is 3. The number of methoxy groups -OCH3 is 1. The average molecular weight is 213 g/mol. The van der Waals surface area contributed by atoms with E-state index in [9.17, 15) is 9.59 Å². The molecule has 0 aliphatic carbocycles. The number of nitrogens with one attached hydrogen (secondary N) is 1. The Morgan fingerprint density at radius 1 is 1.53 bits per heavy atom. The summed E-state index contributed by atoms with van der Waals surface area (Å²) in [6.07, 6.45) is 4.49. The van der Waals surface area contributed by atoms with Crippen LogP contribution < -0.4 is 5.32 Å². The van der Waals surface area contributed by atoms with Crippen LogP contribution in [0.15, 0.2) is 0 Å². The lowest BCUT2D eigenvalue weighted by atomic mass is 9.96. The standard InChI is InChI=1S/C11H19NO3/c1-3-4-5-6-9-8(11(14)15-2)7-10(13)12-9/h8-9H,3-7H2,1-2H3,(H,12,13)/t8-,9+/m0/s1. The summed E-state index contributed by atoms with van der Waals surface area (Å²) in [5.74, 6) is -0.582. The zero-order valence-corrected chi connectivity index (χ0v) is 9.41. The molecule has 1 fully saturated rings. The molecule has 1 rings (SSSR count). The number of carbonyl (C=O) groups is 2. The van der Waals surface area contributed by atoms with E-state index >= 15 is 0 Å². The second-order valence-electron chi connectivity index (χ2n) is 4.00. The Kier molecular flexibility index (Phi) is 4.59. The number of carbonyl (C=O) groups excluding carboxylic acids is 2. The van der Waals surface area contributed by atoms with Crippen LogP contribution in [-0.4, -0.2) is 25.0 Å². The highest BCUT2D eigenvalue weighted by molar-refractivity contribution is 5.87. The van der Waals surface area contributed by atoms with Crippen LogP contribution in [0.25, 0.3) is 0 Å². The van der Waals surface area contributed by atoms with Crippen LogP contribution in [0.3, 0.4) is 0 Å². The quantitative estimate of drug-likeness (QED) is 0.552. The van der Waals surface area contributed by atoms with Gasteiger partial charge >= 0.3 is 5.97 Å². The third-order valence-corrected chi connectivity index (χ3v) is 2.86. The van der Waals surface area contributed by atoms with Gasteiger partial charge in [-0.2, -0.15) is 0 Å². The van der Waals surface area contributed by atoms with Crippen LogP contribution in [0.5, 0.6) is 0 Å². The molecule has 4 nitrogen and oxygen atoms in total. The summed E-state index contributed by atoms with van der Waals surface area (Å²) in [5.41, 5.74) is 0. The topological polar surface area (TPSA) is 55.4 Å². The van der Waals surface area contributed by atoms with Gasteiger partial charge in [0, 0.05) is 12.5 Å². The molecule has 1 N–H and O–H groups in total. The molecule has 0 aromatic rings. The minimum absolute atomic E-state index is 0.0171. The van der Waals surface area contributed by atoms with Gasteiger partial charge < -0.3 is 10.1 Å². The van der Waals surface area contributed by atoms with Gasteiger partial charge in [0.2, 0.25) is 5.91 Å². The number of hydrogen-bond donors (Lipinski definition) is 1. The van der Waals surface area contributed by atoms with Crippen molar-refractivity contribution in [2.75, 3.05) is 7.11 Å². The SMILES string of the molecule is CCCCC[C@H]1NC(=O)C[C@@H]1C(=O)OC. The van der Waals surface area contributed by atoms with Gasteiger partial charge in [-0.1, -0.05) is 26.2 Å². The Morgan fingerprint density at radius 3 is 2.87 bits per heavy atom. The van der Waals surface area contributed by atoms with Gasteiger partial charge in [-0.25, -0.2) is 0 Å². The van der Waals surface area contributed by atoms with Gasteiger partial charge in [0.25, 0.3) is 0 Å². The van der Waals surface area contributed by atoms with E-state index in [0.29, 0.717) is 0 Å². The van der Waals surface area contributed by atoms with Crippen LogP contribution in [0, 0.1) is 5.92 Å². The van der Waals surface area contributed by atoms with E-state index in [1.807, 2.05) is 0 Å². The van der Waals surface area contributed by atoms with E-state index in [-0.39, 0.29) is 30.3 Å². The van der Waals surface area contributed by atoms with Crippen molar-refractivity contribution in [2.24, 2.45) is 5.92 Å². The maximum absolute atomic E-state index is 11.4. The fourth-order valence-electron chi connectivity index (χ4n) is 1.99. The minimum Gasteiger partial charge on any atom is -0.469 e. The first kappa shape index (κ1) is 12.0. The number of unbranched alkanes of at least 4 members (excludes halogenated alkanes) is 2. The van der Waals surface area contributed by atoms with Gasteiger partial charge in [-0.15, -0.1) is 0 Å². The summed E-state index contributed by atoms with van der Waals surface area (Å²) >= 11 is 0. The third-order valence-electron chi connectivity index (χ3n) is 2.86. The first-order chi connectivity index (χ1) is 7.19. The van der Waals surface area contributed by atoms with Crippen molar-refractivity contribution in [3.63, 3.8) is 0 Å². The molecule has 86 valence electrons. The summed E-state index contributed by atoms with van der Waals surface area (Å²) in [6.45, 7) is 2.13. The molecule has 15 heavy (non-hydrogen) atoms. The van der Waals surface area contributed by atoms with E-state index in [1.165, 1.54) is 7.11 Å². The summed E-state index contributed by atoms with van der Waals surface area (Å²) in [5, 5.41) is 2.84. The van der Waals surface area contributed by atoms with Crippen LogP contribution in [-0.2, 0) is 14.3 Å². The van der Waals surface area contributed by atoms with Crippen molar-refractivity contribution in [3.05, 3.63) is 0 Å². The third kappa shape index (κ3) is 3.22. The van der Waals surface area contributed by atoms with Crippen molar-refractivity contribution in [1.29, 1.82) is 0 Å². The molecule has 1 heterocycles. The van der Waals surface area contributed by atoms with Crippen LogP contribution in [0.4, 0.5) is 0 Å². The molecule has 0 aromatic heterocycles. The van der Waals surface area contributed by atoms with Gasteiger partial charge in [0.05, 0.1) is 13.0 Å². The van der Waals surface area contributed by atoms with Gasteiger partial charge in [0.1, 0.15) is 0 Å². The summed E-state index contributed by atoms with van der Waals surface area (Å²) in [4.78, 5) is 22.6. The van der Waals surface area contributed by atoms with E-state index in [1.54, 1.807) is 0 Å². The highest BCUT2D eigenvalue weighted by Crippen LogP contribution is 2.22. The molecule has 0 unspecified atom stereocenters. The first-order valence-electron chi connectivity index (χ1n) is 5.56. The minimum atomic E-state index is -0.278. The molecule has 1 aliphatic rings. The van der Waals surface area contributed by atoms with Gasteiger partial charge in [-0.3, -0.25) is 9.59 Å². The van der Waals surface area contributed by atoms with E-state index in [2.05, 4.69) is 17.0 Å². The monoisotopic (exact) mass is 213 g/mol. The second kappa shape index (κ2) is 5.73. The number of ether oxygens (including phenoxy) is 1. The van der Waals surface area contributed by atoms with Crippen molar-refractivity contribution in [3.8, 4) is 0 Å². The smallest absolute Gasteiger partial charge is 0.311 e. The van der Waals surface area contributed by atoms with Crippen molar-refractivity contribution < 1.29 is 14.3 Å². The Balaban J connectivity index is 2.45.